The Bertz CT molecular complexity index is 1060. The van der Waals surface area contributed by atoms with Gasteiger partial charge in [0.25, 0.3) is 0 Å². The van der Waals surface area contributed by atoms with Gasteiger partial charge in [-0.05, 0) is 24.6 Å². The summed E-state index contributed by atoms with van der Waals surface area (Å²) in [6.07, 6.45) is 0.0506. The molecule has 2 atom stereocenters. The number of nitriles is 1. The van der Waals surface area contributed by atoms with Gasteiger partial charge in [0.15, 0.2) is 17.2 Å². The Kier molecular flexibility index (Phi) is 4.77. The largest absolute Gasteiger partial charge is 0.504 e. The molecule has 0 aromatic heterocycles. The highest BCUT2D eigenvalue weighted by Gasteiger charge is 2.51. The lowest BCUT2D eigenvalue weighted by Crippen LogP contribution is -2.48. The first kappa shape index (κ1) is 19.4. The van der Waals surface area contributed by atoms with Crippen molar-refractivity contribution in [3.05, 3.63) is 69.8 Å². The van der Waals surface area contributed by atoms with Gasteiger partial charge in [0.2, 0.25) is 5.91 Å². The van der Waals surface area contributed by atoms with E-state index in [0.717, 1.165) is 5.56 Å². The third-order valence-electron chi connectivity index (χ3n) is 5.43. The van der Waals surface area contributed by atoms with Crippen molar-refractivity contribution in [2.75, 3.05) is 12.9 Å². The van der Waals surface area contributed by atoms with Crippen molar-refractivity contribution in [2.45, 2.75) is 25.0 Å². The van der Waals surface area contributed by atoms with E-state index in [1.54, 1.807) is 12.1 Å². The maximum absolute atomic E-state index is 13.1. The molecule has 0 spiro atoms. The van der Waals surface area contributed by atoms with Crippen LogP contribution >= 0.6 is 11.8 Å². The Balaban J connectivity index is 1.80. The molecule has 7 heteroatoms. The van der Waals surface area contributed by atoms with E-state index in [-0.39, 0.29) is 29.6 Å². The van der Waals surface area contributed by atoms with Gasteiger partial charge in [-0.1, -0.05) is 35.9 Å². The van der Waals surface area contributed by atoms with E-state index < -0.39 is 11.6 Å². The van der Waals surface area contributed by atoms with Crippen LogP contribution in [-0.2, 0) is 10.5 Å². The van der Waals surface area contributed by atoms with Crippen LogP contribution in [0.2, 0.25) is 0 Å². The molecule has 2 aromatic carbocycles. The maximum Gasteiger partial charge on any atom is 0.231 e. The number of allylic oxidation sites excluding steroid dienone is 1. The summed E-state index contributed by atoms with van der Waals surface area (Å²) in [5, 5.41) is 31.6. The summed E-state index contributed by atoms with van der Waals surface area (Å²) in [5.41, 5.74) is 1.35. The molecule has 2 aliphatic heterocycles. The van der Waals surface area contributed by atoms with E-state index in [1.807, 2.05) is 31.2 Å². The predicted octanol–water partition coefficient (Wildman–Crippen LogP) is 3.35. The van der Waals surface area contributed by atoms with Crippen molar-refractivity contribution in [3.8, 4) is 17.6 Å². The van der Waals surface area contributed by atoms with E-state index in [4.69, 9.17) is 4.74 Å². The Hall–Kier alpha value is -2.95. The minimum atomic E-state index is -1.48. The monoisotopic (exact) mass is 408 g/mol. The Morgan fingerprint density at radius 1 is 1.28 bits per heavy atom. The molecule has 0 aliphatic carbocycles. The Morgan fingerprint density at radius 2 is 2.00 bits per heavy atom. The van der Waals surface area contributed by atoms with Gasteiger partial charge in [0, 0.05) is 17.9 Å². The van der Waals surface area contributed by atoms with Crippen LogP contribution in [0.3, 0.4) is 0 Å². The third kappa shape index (κ3) is 3.05. The van der Waals surface area contributed by atoms with E-state index >= 15 is 0 Å². The van der Waals surface area contributed by atoms with Crippen molar-refractivity contribution < 1.29 is 19.7 Å². The van der Waals surface area contributed by atoms with Gasteiger partial charge >= 0.3 is 0 Å². The molecule has 2 N–H and O–H groups in total. The van der Waals surface area contributed by atoms with Crippen LogP contribution in [0.15, 0.2) is 53.1 Å². The second-order valence-electron chi connectivity index (χ2n) is 7.22. The number of hydrogen-bond donors (Lipinski definition) is 2. The van der Waals surface area contributed by atoms with Crippen LogP contribution < -0.4 is 4.74 Å². The number of amides is 1. The molecular formula is C22H20N2O4S. The summed E-state index contributed by atoms with van der Waals surface area (Å²) in [5.74, 6) is -0.163. The molecular weight excluding hydrogens is 388 g/mol. The average molecular weight is 408 g/mol. The molecule has 1 amide bonds. The molecule has 0 saturated carbocycles. The molecule has 2 heterocycles. The summed E-state index contributed by atoms with van der Waals surface area (Å²) in [7, 11) is 1.45. The molecule has 0 radical (unpaired) electrons. The number of methoxy groups -OCH3 is 1. The molecule has 0 unspecified atom stereocenters. The summed E-state index contributed by atoms with van der Waals surface area (Å²) >= 11 is 1.31. The number of aromatic hydroxyl groups is 1. The lowest BCUT2D eigenvalue weighted by Gasteiger charge is -2.38. The van der Waals surface area contributed by atoms with Crippen molar-refractivity contribution in [3.63, 3.8) is 0 Å². The first-order valence-electron chi connectivity index (χ1n) is 9.15. The van der Waals surface area contributed by atoms with Crippen LogP contribution in [0.5, 0.6) is 11.5 Å². The van der Waals surface area contributed by atoms with E-state index in [0.29, 0.717) is 21.7 Å². The molecule has 4 rings (SSSR count). The highest BCUT2D eigenvalue weighted by molar-refractivity contribution is 8.03. The van der Waals surface area contributed by atoms with Gasteiger partial charge in [0.1, 0.15) is 0 Å². The van der Waals surface area contributed by atoms with E-state index in [9.17, 15) is 20.3 Å². The zero-order valence-corrected chi connectivity index (χ0v) is 16.9. The number of aliphatic hydroxyl groups is 1. The summed E-state index contributed by atoms with van der Waals surface area (Å²) in [6.45, 7) is 1.96. The standard InChI is InChI=1S/C22H20N2O4S/c1-13-3-6-15(7-4-13)22(27)12-29-21-17(11-23)16(10-20(26)24(21)22)14-5-8-18(25)19(9-14)28-2/h3-9,16,25,27H,10,12H2,1-2H3/t16-,22-/m1/s1. The SMILES string of the molecule is COc1cc([C@H]2CC(=O)N3C(=C2C#N)SC[C@@]3(O)c2ccc(C)cc2)ccc1O. The first-order valence-corrected chi connectivity index (χ1v) is 10.1. The van der Waals surface area contributed by atoms with Gasteiger partial charge in [-0.25, -0.2) is 0 Å². The van der Waals surface area contributed by atoms with Crippen LogP contribution in [0.25, 0.3) is 0 Å². The van der Waals surface area contributed by atoms with E-state index in [1.165, 1.54) is 29.8 Å². The maximum atomic E-state index is 13.1. The molecule has 1 saturated heterocycles. The third-order valence-corrected chi connectivity index (χ3v) is 6.65. The number of thioether (sulfide) groups is 1. The summed E-state index contributed by atoms with van der Waals surface area (Å²) in [4.78, 5) is 14.5. The highest BCUT2D eigenvalue weighted by Crippen LogP contribution is 2.52. The van der Waals surface area contributed by atoms with Crippen molar-refractivity contribution in [1.82, 2.24) is 4.90 Å². The number of phenols is 1. The van der Waals surface area contributed by atoms with Crippen LogP contribution in [-0.4, -0.2) is 33.9 Å². The number of nitrogens with zero attached hydrogens (tertiary/aromatic N) is 2. The van der Waals surface area contributed by atoms with Crippen molar-refractivity contribution in [2.24, 2.45) is 0 Å². The number of aryl methyl sites for hydroxylation is 1. The second-order valence-corrected chi connectivity index (χ2v) is 8.18. The number of ether oxygens (including phenoxy) is 1. The minimum Gasteiger partial charge on any atom is -0.504 e. The van der Waals surface area contributed by atoms with Crippen LogP contribution in [0, 0.1) is 18.3 Å². The number of carbonyl (C=O) groups is 1. The van der Waals surface area contributed by atoms with Gasteiger partial charge in [0.05, 0.1) is 29.5 Å². The highest BCUT2D eigenvalue weighted by atomic mass is 32.2. The Labute approximate surface area is 173 Å². The number of carbonyl (C=O) groups excluding carboxylic acids is 1. The number of rotatable bonds is 3. The normalized spacial score (nSPS) is 23.7. The Morgan fingerprint density at radius 3 is 2.66 bits per heavy atom. The van der Waals surface area contributed by atoms with Gasteiger partial charge in [-0.15, -0.1) is 11.8 Å². The summed E-state index contributed by atoms with van der Waals surface area (Å²) < 4.78 is 5.17. The molecule has 148 valence electrons. The molecule has 29 heavy (non-hydrogen) atoms. The zero-order chi connectivity index (χ0) is 20.8. The smallest absolute Gasteiger partial charge is 0.231 e. The molecule has 6 nitrogen and oxygen atoms in total. The van der Waals surface area contributed by atoms with Crippen molar-refractivity contribution >= 4 is 17.7 Å². The lowest BCUT2D eigenvalue weighted by atomic mass is 9.85. The van der Waals surface area contributed by atoms with Gasteiger partial charge in [-0.2, -0.15) is 5.26 Å². The average Bonchev–Trinajstić information content (AvgIpc) is 3.08. The minimum absolute atomic E-state index is 0.00448. The molecule has 0 bridgehead atoms. The topological polar surface area (TPSA) is 93.8 Å². The second kappa shape index (κ2) is 7.14. The summed E-state index contributed by atoms with van der Waals surface area (Å²) in [6, 6.07) is 14.5. The fraction of sp³-hybridized carbons (Fsp3) is 0.273. The molecule has 2 aromatic rings. The lowest BCUT2D eigenvalue weighted by molar-refractivity contribution is -0.149. The fourth-order valence-electron chi connectivity index (χ4n) is 3.85. The number of phenolic OH excluding ortho intramolecular Hbond substituents is 1. The molecule has 1 fully saturated rings. The van der Waals surface area contributed by atoms with Crippen LogP contribution in [0.1, 0.15) is 29.0 Å². The number of benzene rings is 2. The van der Waals surface area contributed by atoms with E-state index in [2.05, 4.69) is 6.07 Å². The number of fused-ring (bicyclic) bond motifs is 1. The quantitative estimate of drug-likeness (QED) is 0.809. The van der Waals surface area contributed by atoms with Crippen LogP contribution in [0.4, 0.5) is 0 Å². The first-order chi connectivity index (χ1) is 13.9. The predicted molar refractivity (Wildman–Crippen MR) is 109 cm³/mol. The van der Waals surface area contributed by atoms with Gasteiger partial charge in [-0.3, -0.25) is 9.69 Å². The number of hydrogen-bond acceptors (Lipinski definition) is 6. The molecule has 2 aliphatic rings. The van der Waals surface area contributed by atoms with Gasteiger partial charge < -0.3 is 14.9 Å². The zero-order valence-electron chi connectivity index (χ0n) is 16.0. The fourth-order valence-corrected chi connectivity index (χ4v) is 5.21. The van der Waals surface area contributed by atoms with Crippen molar-refractivity contribution in [1.29, 1.82) is 5.26 Å².